The largest absolute Gasteiger partial charge is 0.245 e. The zero-order valence-corrected chi connectivity index (χ0v) is 28.2. The van der Waals surface area contributed by atoms with Crippen molar-refractivity contribution in [3.8, 4) is 44.8 Å². The molecule has 11 rings (SSSR count). The fourth-order valence-corrected chi connectivity index (χ4v) is 8.30. The molecule has 0 radical (unpaired) electrons. The van der Waals surface area contributed by atoms with Gasteiger partial charge in [0.25, 0.3) is 0 Å². The summed E-state index contributed by atoms with van der Waals surface area (Å²) < 4.78 is 0. The molecule has 0 aliphatic carbocycles. The number of benzene rings is 9. The van der Waals surface area contributed by atoms with Gasteiger partial charge >= 0.3 is 0 Å². The van der Waals surface area contributed by atoms with Crippen LogP contribution in [0.2, 0.25) is 0 Å². The molecule has 0 amide bonds. The first kappa shape index (κ1) is 28.9. The Morgan fingerprint density at radius 2 is 0.750 bits per heavy atom. The van der Waals surface area contributed by atoms with Crippen LogP contribution in [0.4, 0.5) is 0 Å². The molecule has 0 atom stereocenters. The molecule has 2 nitrogen and oxygen atoms in total. The Balaban J connectivity index is 1.05. The highest BCUT2D eigenvalue weighted by molar-refractivity contribution is 6.25. The molecule has 2 aromatic heterocycles. The molecule has 0 aliphatic heterocycles. The van der Waals surface area contributed by atoms with E-state index < -0.39 is 0 Å². The average Bonchev–Trinajstić information content (AvgIpc) is 3.22. The first-order valence-corrected chi connectivity index (χ1v) is 17.8. The van der Waals surface area contributed by atoms with Gasteiger partial charge in [-0.05, 0) is 83.5 Å². The van der Waals surface area contributed by atoms with Gasteiger partial charge < -0.3 is 0 Å². The summed E-state index contributed by atoms with van der Waals surface area (Å²) in [4.78, 5) is 10.5. The summed E-state index contributed by atoms with van der Waals surface area (Å²) in [7, 11) is 0. The van der Waals surface area contributed by atoms with Crippen molar-refractivity contribution < 1.29 is 0 Å². The highest BCUT2D eigenvalue weighted by Crippen LogP contribution is 2.41. The van der Waals surface area contributed by atoms with Crippen molar-refractivity contribution in [2.75, 3.05) is 0 Å². The van der Waals surface area contributed by atoms with Gasteiger partial charge in [0, 0.05) is 21.9 Å². The number of fused-ring (bicyclic) bond motifs is 4. The number of hydrogen-bond donors (Lipinski definition) is 0. The lowest BCUT2D eigenvalue weighted by Crippen LogP contribution is -1.92. The number of rotatable bonds is 4. The van der Waals surface area contributed by atoms with Gasteiger partial charge in [-0.3, -0.25) is 0 Å². The molecule has 11 aromatic rings. The second kappa shape index (κ2) is 11.3. The Kier molecular flexibility index (Phi) is 6.28. The van der Waals surface area contributed by atoms with E-state index in [-0.39, 0.29) is 0 Å². The van der Waals surface area contributed by atoms with E-state index in [0.717, 1.165) is 44.3 Å². The Labute approximate surface area is 300 Å². The van der Waals surface area contributed by atoms with Crippen molar-refractivity contribution in [1.82, 2.24) is 9.97 Å². The maximum absolute atomic E-state index is 5.32. The molecule has 52 heavy (non-hydrogen) atoms. The Hall–Kier alpha value is -6.90. The predicted octanol–water partition coefficient (Wildman–Crippen LogP) is 13.5. The molecular formula is C50H30N2. The van der Waals surface area contributed by atoms with E-state index in [1.54, 1.807) is 0 Å². The summed E-state index contributed by atoms with van der Waals surface area (Å²) in [5.41, 5.74) is 10.8. The van der Waals surface area contributed by atoms with Crippen molar-refractivity contribution >= 4 is 64.9 Å². The highest BCUT2D eigenvalue weighted by Gasteiger charge is 2.15. The van der Waals surface area contributed by atoms with E-state index in [1.165, 1.54) is 65.3 Å². The molecule has 0 bridgehead atoms. The molecule has 2 heteroatoms. The van der Waals surface area contributed by atoms with Crippen LogP contribution in [0.3, 0.4) is 0 Å². The van der Waals surface area contributed by atoms with E-state index in [0.29, 0.717) is 0 Å². The quantitative estimate of drug-likeness (QED) is 0.176. The van der Waals surface area contributed by atoms with Crippen LogP contribution in [0.5, 0.6) is 0 Å². The third kappa shape index (κ3) is 4.44. The topological polar surface area (TPSA) is 25.8 Å². The normalized spacial score (nSPS) is 11.8. The summed E-state index contributed by atoms with van der Waals surface area (Å²) in [6, 6.07) is 65.7. The van der Waals surface area contributed by atoms with Crippen molar-refractivity contribution in [1.29, 1.82) is 0 Å². The molecule has 0 unspecified atom stereocenters. The van der Waals surface area contributed by atoms with Crippen LogP contribution in [0.1, 0.15) is 0 Å². The maximum atomic E-state index is 5.32. The van der Waals surface area contributed by atoms with Gasteiger partial charge in [-0.2, -0.15) is 0 Å². The minimum atomic E-state index is 0.918. The zero-order valence-electron chi connectivity index (χ0n) is 28.2. The lowest BCUT2D eigenvalue weighted by atomic mass is 9.88. The van der Waals surface area contributed by atoms with Gasteiger partial charge in [-0.1, -0.05) is 164 Å². The fraction of sp³-hybridized carbons (Fsp3) is 0. The number of aromatic nitrogens is 2. The molecule has 0 aliphatic rings. The van der Waals surface area contributed by atoms with Gasteiger partial charge in [0.1, 0.15) is 0 Å². The number of nitrogens with zero attached hydrogens (tertiary/aromatic N) is 2. The van der Waals surface area contributed by atoms with Crippen molar-refractivity contribution in [3.05, 3.63) is 182 Å². The highest BCUT2D eigenvalue weighted by atomic mass is 14.8. The Bertz CT molecular complexity index is 3160. The summed E-state index contributed by atoms with van der Waals surface area (Å²) in [5, 5.41) is 12.4. The molecule has 2 heterocycles. The van der Waals surface area contributed by atoms with E-state index >= 15 is 0 Å². The van der Waals surface area contributed by atoms with Crippen LogP contribution in [-0.4, -0.2) is 9.97 Å². The minimum Gasteiger partial charge on any atom is -0.245 e. The van der Waals surface area contributed by atoms with Crippen LogP contribution in [0.25, 0.3) is 110 Å². The smallest absolute Gasteiger partial charge is 0.0972 e. The van der Waals surface area contributed by atoms with Crippen molar-refractivity contribution in [2.24, 2.45) is 0 Å². The molecule has 0 N–H and O–H groups in total. The number of hydrogen-bond acceptors (Lipinski definition) is 2. The average molecular weight is 659 g/mol. The van der Waals surface area contributed by atoms with Gasteiger partial charge in [-0.15, -0.1) is 0 Å². The lowest BCUT2D eigenvalue weighted by Gasteiger charge is -2.16. The van der Waals surface area contributed by atoms with E-state index in [2.05, 4.69) is 176 Å². The van der Waals surface area contributed by atoms with E-state index in [1.807, 2.05) is 6.07 Å². The molecule has 9 aromatic carbocycles. The van der Waals surface area contributed by atoms with Crippen LogP contribution in [-0.2, 0) is 0 Å². The van der Waals surface area contributed by atoms with Crippen molar-refractivity contribution in [3.63, 3.8) is 0 Å². The molecule has 0 fully saturated rings. The van der Waals surface area contributed by atoms with Crippen LogP contribution in [0.15, 0.2) is 182 Å². The van der Waals surface area contributed by atoms with Crippen LogP contribution in [0, 0.1) is 0 Å². The van der Waals surface area contributed by atoms with Gasteiger partial charge in [0.2, 0.25) is 0 Å². The lowest BCUT2D eigenvalue weighted by molar-refractivity contribution is 1.37. The third-order valence-corrected chi connectivity index (χ3v) is 10.8. The number of pyridine rings is 2. The molecular weight excluding hydrogens is 629 g/mol. The third-order valence-electron chi connectivity index (χ3n) is 10.8. The Morgan fingerprint density at radius 3 is 1.50 bits per heavy atom. The first-order chi connectivity index (χ1) is 25.8. The van der Waals surface area contributed by atoms with E-state index in [9.17, 15) is 0 Å². The monoisotopic (exact) mass is 658 g/mol. The summed E-state index contributed by atoms with van der Waals surface area (Å²) in [5.74, 6) is 0. The molecule has 240 valence electrons. The first-order valence-electron chi connectivity index (χ1n) is 17.8. The molecule has 0 saturated heterocycles. The molecule has 0 spiro atoms. The van der Waals surface area contributed by atoms with E-state index in [4.69, 9.17) is 9.97 Å². The van der Waals surface area contributed by atoms with Gasteiger partial charge in [0.05, 0.1) is 22.4 Å². The SMILES string of the molecule is c1ccc(-c2ccc3ccc4ccc(-c5ccc(-c6cccc(-c7ccc8ccc9cccc%10ccc7c8c9%10)c6)c6ccccc56)nc4c3n2)cc1. The second-order valence-corrected chi connectivity index (χ2v) is 13.7. The van der Waals surface area contributed by atoms with Crippen LogP contribution < -0.4 is 0 Å². The van der Waals surface area contributed by atoms with Crippen LogP contribution >= 0.6 is 0 Å². The predicted molar refractivity (Wildman–Crippen MR) is 220 cm³/mol. The standard InChI is InChI=1S/C50H30N2/c1-2-8-31(9-3-1)45-28-22-35-18-19-36-23-29-46(52-50(36)49(35)51-45)43-27-26-39(41-14-4-5-15-42(41)43)37-12-7-13-38(30-37)40-24-20-34-17-16-32-10-6-11-33-21-25-44(40)48(34)47(32)33/h1-30H. The van der Waals surface area contributed by atoms with Gasteiger partial charge in [-0.25, -0.2) is 9.97 Å². The summed E-state index contributed by atoms with van der Waals surface area (Å²) >= 11 is 0. The van der Waals surface area contributed by atoms with Gasteiger partial charge in [0.15, 0.2) is 0 Å². The summed E-state index contributed by atoms with van der Waals surface area (Å²) in [6.45, 7) is 0. The Morgan fingerprint density at radius 1 is 0.269 bits per heavy atom. The summed E-state index contributed by atoms with van der Waals surface area (Å²) in [6.07, 6.45) is 0. The minimum absolute atomic E-state index is 0.918. The zero-order chi connectivity index (χ0) is 34.2. The molecule has 0 saturated carbocycles. The second-order valence-electron chi connectivity index (χ2n) is 13.7. The van der Waals surface area contributed by atoms with Crippen molar-refractivity contribution in [2.45, 2.75) is 0 Å². The fourth-order valence-electron chi connectivity index (χ4n) is 8.30. The maximum Gasteiger partial charge on any atom is 0.0972 e.